The summed E-state index contributed by atoms with van der Waals surface area (Å²) in [4.78, 5) is 25.4. The quantitative estimate of drug-likeness (QED) is 0.869. The van der Waals surface area contributed by atoms with E-state index in [1.165, 1.54) is 0 Å². The Morgan fingerprint density at radius 1 is 1.58 bits per heavy atom. The number of urea groups is 1. The number of nitrogens with one attached hydrogen (secondary N) is 1. The van der Waals surface area contributed by atoms with E-state index in [0.29, 0.717) is 19.7 Å². The number of carboxylic acids is 1. The third-order valence-electron chi connectivity index (χ3n) is 2.89. The van der Waals surface area contributed by atoms with Crippen molar-refractivity contribution in [1.82, 2.24) is 10.2 Å². The van der Waals surface area contributed by atoms with Crippen LogP contribution in [0.25, 0.3) is 0 Å². The Kier molecular flexibility index (Phi) is 4.75. The first-order valence-corrected chi connectivity index (χ1v) is 6.91. The number of rotatable bonds is 4. The lowest BCUT2D eigenvalue weighted by Gasteiger charge is -2.34. The number of aliphatic carboxylic acids is 1. The first-order chi connectivity index (χ1) is 9.16. The average Bonchev–Trinajstić information content (AvgIpc) is 2.89. The van der Waals surface area contributed by atoms with Gasteiger partial charge < -0.3 is 20.1 Å². The molecule has 0 aromatic carbocycles. The standard InChI is InChI=1S/C12H16N2O4S/c15-11(16)6-9-8-18-4-3-14(9)12(17)13-7-10-2-1-5-19-10/h1-2,5,9H,3-4,6-8H2,(H,13,17)(H,15,16). The van der Waals surface area contributed by atoms with E-state index in [2.05, 4.69) is 5.32 Å². The fourth-order valence-corrected chi connectivity index (χ4v) is 2.61. The van der Waals surface area contributed by atoms with Gasteiger partial charge in [0.2, 0.25) is 0 Å². The number of hydrogen-bond donors (Lipinski definition) is 2. The second-order valence-electron chi connectivity index (χ2n) is 4.26. The van der Waals surface area contributed by atoms with Gasteiger partial charge in [-0.1, -0.05) is 6.07 Å². The van der Waals surface area contributed by atoms with Gasteiger partial charge in [-0.25, -0.2) is 4.79 Å². The molecule has 6 nitrogen and oxygen atoms in total. The first kappa shape index (κ1) is 13.8. The van der Waals surface area contributed by atoms with Gasteiger partial charge in [0.05, 0.1) is 32.2 Å². The topological polar surface area (TPSA) is 78.9 Å². The van der Waals surface area contributed by atoms with Gasteiger partial charge in [-0.3, -0.25) is 4.79 Å². The molecule has 19 heavy (non-hydrogen) atoms. The number of ether oxygens (including phenoxy) is 1. The van der Waals surface area contributed by atoms with Crippen molar-refractivity contribution in [2.75, 3.05) is 19.8 Å². The summed E-state index contributed by atoms with van der Waals surface area (Å²) in [6.07, 6.45) is -0.0909. The van der Waals surface area contributed by atoms with Gasteiger partial charge in [-0.2, -0.15) is 0 Å². The molecule has 2 amide bonds. The zero-order valence-corrected chi connectivity index (χ0v) is 11.2. The summed E-state index contributed by atoms with van der Waals surface area (Å²) in [5.74, 6) is -0.924. The Morgan fingerprint density at radius 2 is 2.42 bits per heavy atom. The number of carbonyl (C=O) groups is 2. The lowest BCUT2D eigenvalue weighted by Crippen LogP contribution is -2.52. The largest absolute Gasteiger partial charge is 0.481 e. The van der Waals surface area contributed by atoms with Crippen molar-refractivity contribution in [3.63, 3.8) is 0 Å². The molecule has 2 N–H and O–H groups in total. The van der Waals surface area contributed by atoms with Crippen LogP contribution in [0.2, 0.25) is 0 Å². The van der Waals surface area contributed by atoms with Gasteiger partial charge in [0.15, 0.2) is 0 Å². The van der Waals surface area contributed by atoms with E-state index in [9.17, 15) is 9.59 Å². The van der Waals surface area contributed by atoms with Gasteiger partial charge >= 0.3 is 12.0 Å². The number of nitrogens with zero attached hydrogens (tertiary/aromatic N) is 1. The monoisotopic (exact) mass is 284 g/mol. The molecule has 0 saturated carbocycles. The molecule has 0 bridgehead atoms. The Bertz CT molecular complexity index is 435. The third kappa shape index (κ3) is 3.93. The van der Waals surface area contributed by atoms with Crippen LogP contribution in [-0.4, -0.2) is 47.8 Å². The van der Waals surface area contributed by atoms with Crippen molar-refractivity contribution in [2.45, 2.75) is 19.0 Å². The minimum absolute atomic E-state index is 0.0909. The van der Waals surface area contributed by atoms with Crippen LogP contribution in [0.5, 0.6) is 0 Å². The second-order valence-corrected chi connectivity index (χ2v) is 5.29. The van der Waals surface area contributed by atoms with E-state index < -0.39 is 12.0 Å². The molecule has 1 aromatic rings. The highest BCUT2D eigenvalue weighted by Gasteiger charge is 2.28. The maximum atomic E-state index is 12.1. The summed E-state index contributed by atoms with van der Waals surface area (Å²) in [6, 6.07) is 3.24. The molecule has 104 valence electrons. The van der Waals surface area contributed by atoms with E-state index in [-0.39, 0.29) is 19.1 Å². The molecule has 1 aromatic heterocycles. The zero-order valence-electron chi connectivity index (χ0n) is 10.4. The number of carboxylic acid groups (broad SMARTS) is 1. The molecular weight excluding hydrogens is 268 g/mol. The highest BCUT2D eigenvalue weighted by Crippen LogP contribution is 2.12. The van der Waals surface area contributed by atoms with E-state index in [1.807, 2.05) is 17.5 Å². The smallest absolute Gasteiger partial charge is 0.318 e. The lowest BCUT2D eigenvalue weighted by atomic mass is 10.1. The predicted octanol–water partition coefficient (Wildman–Crippen LogP) is 1.13. The van der Waals surface area contributed by atoms with Crippen LogP contribution in [0.4, 0.5) is 4.79 Å². The van der Waals surface area contributed by atoms with Crippen LogP contribution >= 0.6 is 11.3 Å². The summed E-state index contributed by atoms with van der Waals surface area (Å²) < 4.78 is 5.23. The molecule has 2 rings (SSSR count). The Labute approximate surface area is 115 Å². The van der Waals surface area contributed by atoms with Crippen molar-refractivity contribution in [3.05, 3.63) is 22.4 Å². The van der Waals surface area contributed by atoms with Crippen molar-refractivity contribution in [3.8, 4) is 0 Å². The maximum Gasteiger partial charge on any atom is 0.318 e. The van der Waals surface area contributed by atoms with Crippen molar-refractivity contribution >= 4 is 23.3 Å². The highest BCUT2D eigenvalue weighted by atomic mass is 32.1. The van der Waals surface area contributed by atoms with Crippen molar-refractivity contribution in [2.24, 2.45) is 0 Å². The van der Waals surface area contributed by atoms with Crippen LogP contribution in [-0.2, 0) is 16.1 Å². The normalized spacial score (nSPS) is 19.2. The van der Waals surface area contributed by atoms with E-state index >= 15 is 0 Å². The molecule has 0 spiro atoms. The number of thiophene rings is 1. The summed E-state index contributed by atoms with van der Waals surface area (Å²) in [6.45, 7) is 1.61. The second kappa shape index (κ2) is 6.53. The van der Waals surface area contributed by atoms with E-state index in [0.717, 1.165) is 4.88 Å². The molecule has 7 heteroatoms. The Morgan fingerprint density at radius 3 is 3.11 bits per heavy atom. The molecule has 1 aliphatic heterocycles. The fraction of sp³-hybridized carbons (Fsp3) is 0.500. The molecule has 1 fully saturated rings. The molecule has 0 aliphatic carbocycles. The van der Waals surface area contributed by atoms with Gasteiger partial charge in [-0.05, 0) is 11.4 Å². The van der Waals surface area contributed by atoms with Crippen LogP contribution < -0.4 is 5.32 Å². The predicted molar refractivity (Wildman–Crippen MR) is 70.1 cm³/mol. The van der Waals surface area contributed by atoms with E-state index in [1.54, 1.807) is 16.2 Å². The molecule has 1 atom stereocenters. The van der Waals surface area contributed by atoms with Crippen LogP contribution in [0.3, 0.4) is 0 Å². The zero-order chi connectivity index (χ0) is 13.7. The summed E-state index contributed by atoms with van der Waals surface area (Å²) in [5.41, 5.74) is 0. The maximum absolute atomic E-state index is 12.1. The van der Waals surface area contributed by atoms with Crippen LogP contribution in [0.15, 0.2) is 17.5 Å². The van der Waals surface area contributed by atoms with Crippen LogP contribution in [0.1, 0.15) is 11.3 Å². The van der Waals surface area contributed by atoms with Gasteiger partial charge in [0.1, 0.15) is 0 Å². The summed E-state index contributed by atoms with van der Waals surface area (Å²) in [7, 11) is 0. The summed E-state index contributed by atoms with van der Waals surface area (Å²) in [5, 5.41) is 13.6. The van der Waals surface area contributed by atoms with Crippen molar-refractivity contribution in [1.29, 1.82) is 0 Å². The lowest BCUT2D eigenvalue weighted by molar-refractivity contribution is -0.139. The molecule has 2 heterocycles. The number of morpholine rings is 1. The molecule has 0 radical (unpaired) electrons. The van der Waals surface area contributed by atoms with Gasteiger partial charge in [0.25, 0.3) is 0 Å². The third-order valence-corrected chi connectivity index (χ3v) is 3.77. The summed E-state index contributed by atoms with van der Waals surface area (Å²) >= 11 is 1.57. The molecule has 1 saturated heterocycles. The molecule has 1 unspecified atom stereocenters. The number of amides is 2. The first-order valence-electron chi connectivity index (χ1n) is 6.03. The molecular formula is C12H16N2O4S. The number of hydrogen-bond acceptors (Lipinski definition) is 4. The average molecular weight is 284 g/mol. The van der Waals surface area contributed by atoms with E-state index in [4.69, 9.17) is 9.84 Å². The minimum atomic E-state index is -0.924. The van der Waals surface area contributed by atoms with Crippen LogP contribution in [0, 0.1) is 0 Å². The van der Waals surface area contributed by atoms with Crippen molar-refractivity contribution < 1.29 is 19.4 Å². The number of carbonyl (C=O) groups excluding carboxylic acids is 1. The van der Waals surface area contributed by atoms with Gasteiger partial charge in [-0.15, -0.1) is 11.3 Å². The SMILES string of the molecule is O=C(O)CC1COCCN1C(=O)NCc1cccs1. The Hall–Kier alpha value is -1.60. The minimum Gasteiger partial charge on any atom is -0.481 e. The Balaban J connectivity index is 1.89. The fourth-order valence-electron chi connectivity index (χ4n) is 1.97. The van der Waals surface area contributed by atoms with Gasteiger partial charge in [0, 0.05) is 11.4 Å². The molecule has 1 aliphatic rings. The highest BCUT2D eigenvalue weighted by molar-refractivity contribution is 7.09.